The lowest BCUT2D eigenvalue weighted by Crippen LogP contribution is -2.31. The van der Waals surface area contributed by atoms with E-state index >= 15 is 0 Å². The fourth-order valence-electron chi connectivity index (χ4n) is 4.16. The summed E-state index contributed by atoms with van der Waals surface area (Å²) in [6.45, 7) is 0.00430. The number of carbonyl (C=O) groups excluding carboxylic acids is 2. The summed E-state index contributed by atoms with van der Waals surface area (Å²) in [6.07, 6.45) is 0.809. The number of aliphatic carboxylic acids is 1. The number of nitrogens with one attached hydrogen (secondary N) is 2. The number of rotatable bonds is 10. The van der Waals surface area contributed by atoms with Crippen molar-refractivity contribution in [2.75, 3.05) is 26.4 Å². The Morgan fingerprint density at radius 2 is 1.69 bits per heavy atom. The Morgan fingerprint density at radius 1 is 1.03 bits per heavy atom. The van der Waals surface area contributed by atoms with Gasteiger partial charge in [-0.25, -0.2) is 9.59 Å². The Morgan fingerprint density at radius 3 is 2.34 bits per heavy atom. The number of carboxylic acid groups (broad SMARTS) is 1. The fourth-order valence-corrected chi connectivity index (χ4v) is 4.16. The number of hydrogen-bond donors (Lipinski definition) is 3. The SMILES string of the molecule is Cn1ncc(C(=O)NCCOCC(=O)O)c1CNC(=O)OCC1c2ccccc2-c2ccccc21. The minimum Gasteiger partial charge on any atom is -0.480 e. The molecule has 0 radical (unpaired) electrons. The van der Waals surface area contributed by atoms with Gasteiger partial charge in [0.15, 0.2) is 0 Å². The minimum absolute atomic E-state index is 0.0467. The highest BCUT2D eigenvalue weighted by molar-refractivity contribution is 5.95. The van der Waals surface area contributed by atoms with Crippen LogP contribution in [0.1, 0.15) is 33.1 Å². The second-order valence-corrected chi connectivity index (χ2v) is 8.01. The molecule has 1 aromatic heterocycles. The van der Waals surface area contributed by atoms with Gasteiger partial charge >= 0.3 is 12.1 Å². The van der Waals surface area contributed by atoms with Crippen LogP contribution in [-0.4, -0.2) is 59.2 Å². The number of aryl methyl sites for hydroxylation is 1. The predicted molar refractivity (Wildman–Crippen MR) is 126 cm³/mol. The quantitative estimate of drug-likeness (QED) is 0.381. The zero-order chi connectivity index (χ0) is 24.8. The van der Waals surface area contributed by atoms with E-state index in [2.05, 4.69) is 40.0 Å². The van der Waals surface area contributed by atoms with Crippen LogP contribution in [0.4, 0.5) is 4.79 Å². The van der Waals surface area contributed by atoms with Crippen molar-refractivity contribution >= 4 is 18.0 Å². The van der Waals surface area contributed by atoms with Gasteiger partial charge in [0.05, 0.1) is 30.6 Å². The predicted octanol–water partition coefficient (Wildman–Crippen LogP) is 2.29. The van der Waals surface area contributed by atoms with Crippen molar-refractivity contribution < 1.29 is 29.0 Å². The Kier molecular flexibility index (Phi) is 7.41. The molecule has 10 nitrogen and oxygen atoms in total. The normalized spacial score (nSPS) is 12.0. The van der Waals surface area contributed by atoms with Crippen molar-refractivity contribution in [3.05, 3.63) is 77.1 Å². The first-order chi connectivity index (χ1) is 17.0. The highest BCUT2D eigenvalue weighted by atomic mass is 16.5. The highest BCUT2D eigenvalue weighted by Gasteiger charge is 2.29. The van der Waals surface area contributed by atoms with Crippen LogP contribution >= 0.6 is 0 Å². The lowest BCUT2D eigenvalue weighted by Gasteiger charge is -2.15. The molecule has 0 unspecified atom stereocenters. The molecule has 35 heavy (non-hydrogen) atoms. The van der Waals surface area contributed by atoms with Crippen LogP contribution in [-0.2, 0) is 27.9 Å². The van der Waals surface area contributed by atoms with Gasteiger partial charge in [-0.3, -0.25) is 9.48 Å². The molecule has 1 aliphatic rings. The second-order valence-electron chi connectivity index (χ2n) is 8.01. The lowest BCUT2D eigenvalue weighted by atomic mass is 9.98. The summed E-state index contributed by atoms with van der Waals surface area (Å²) in [6, 6.07) is 16.2. The van der Waals surface area contributed by atoms with E-state index in [0.717, 1.165) is 22.3 Å². The third-order valence-corrected chi connectivity index (χ3v) is 5.81. The van der Waals surface area contributed by atoms with E-state index in [9.17, 15) is 14.4 Å². The summed E-state index contributed by atoms with van der Waals surface area (Å²) in [5.41, 5.74) is 5.35. The van der Waals surface area contributed by atoms with Gasteiger partial charge in [0.1, 0.15) is 13.2 Å². The van der Waals surface area contributed by atoms with E-state index in [1.54, 1.807) is 7.05 Å². The van der Waals surface area contributed by atoms with Gasteiger partial charge in [-0.15, -0.1) is 0 Å². The van der Waals surface area contributed by atoms with Crippen molar-refractivity contribution in [3.63, 3.8) is 0 Å². The molecular formula is C25H26N4O6. The monoisotopic (exact) mass is 478 g/mol. The minimum atomic E-state index is -1.08. The maximum atomic E-state index is 12.5. The molecule has 0 atom stereocenters. The van der Waals surface area contributed by atoms with Crippen molar-refractivity contribution in [1.82, 2.24) is 20.4 Å². The Balaban J connectivity index is 1.31. The fraction of sp³-hybridized carbons (Fsp3) is 0.280. The third kappa shape index (κ3) is 5.49. The van der Waals surface area contributed by atoms with E-state index in [4.69, 9.17) is 14.6 Å². The van der Waals surface area contributed by atoms with Crippen LogP contribution in [0.2, 0.25) is 0 Å². The maximum absolute atomic E-state index is 12.5. The molecule has 0 aliphatic heterocycles. The molecule has 0 bridgehead atoms. The topological polar surface area (TPSA) is 132 Å². The van der Waals surface area contributed by atoms with Gasteiger partial charge in [0.2, 0.25) is 0 Å². The van der Waals surface area contributed by atoms with Crippen LogP contribution < -0.4 is 10.6 Å². The van der Waals surface area contributed by atoms with E-state index in [1.165, 1.54) is 10.9 Å². The van der Waals surface area contributed by atoms with Crippen LogP contribution in [0.3, 0.4) is 0 Å². The number of ether oxygens (including phenoxy) is 2. The van der Waals surface area contributed by atoms with Crippen LogP contribution in [0, 0.1) is 0 Å². The van der Waals surface area contributed by atoms with E-state index < -0.39 is 24.6 Å². The van der Waals surface area contributed by atoms with Gasteiger partial charge in [0, 0.05) is 19.5 Å². The molecule has 0 saturated carbocycles. The molecule has 1 heterocycles. The second kappa shape index (κ2) is 10.8. The first kappa shape index (κ1) is 24.0. The van der Waals surface area contributed by atoms with Crippen LogP contribution in [0.25, 0.3) is 11.1 Å². The summed E-state index contributed by atoms with van der Waals surface area (Å²) >= 11 is 0. The number of fused-ring (bicyclic) bond motifs is 3. The van der Waals surface area contributed by atoms with Crippen molar-refractivity contribution in [1.29, 1.82) is 0 Å². The summed E-state index contributed by atoms with van der Waals surface area (Å²) in [7, 11) is 1.67. The number of hydrogen-bond acceptors (Lipinski definition) is 6. The van der Waals surface area contributed by atoms with Crippen LogP contribution in [0.15, 0.2) is 54.7 Å². The average molecular weight is 479 g/mol. The standard InChI is InChI=1S/C25H26N4O6/c1-29-22(20(12-28-29)24(32)26-10-11-34-15-23(30)31)13-27-25(33)35-14-21-18-8-4-2-6-16(18)17-7-3-5-9-19(17)21/h2-9,12,21H,10-11,13-15H2,1H3,(H,26,32)(H,27,33)(H,30,31). The van der Waals surface area contributed by atoms with Gasteiger partial charge in [-0.1, -0.05) is 48.5 Å². The first-order valence-corrected chi connectivity index (χ1v) is 11.1. The molecule has 4 rings (SSSR count). The van der Waals surface area contributed by atoms with E-state index in [1.807, 2.05) is 24.3 Å². The number of alkyl carbamates (subject to hydrolysis) is 1. The maximum Gasteiger partial charge on any atom is 0.407 e. The molecule has 3 N–H and O–H groups in total. The Bertz CT molecular complexity index is 1190. The largest absolute Gasteiger partial charge is 0.480 e. The number of nitrogens with zero attached hydrogens (tertiary/aromatic N) is 2. The summed E-state index contributed by atoms with van der Waals surface area (Å²) < 4.78 is 11.9. The molecule has 0 fully saturated rings. The molecule has 10 heteroatoms. The molecule has 2 aromatic carbocycles. The van der Waals surface area contributed by atoms with Crippen molar-refractivity contribution in [2.24, 2.45) is 7.05 Å². The van der Waals surface area contributed by atoms with Gasteiger partial charge in [-0.05, 0) is 22.3 Å². The summed E-state index contributed by atoms with van der Waals surface area (Å²) in [4.78, 5) is 35.4. The number of carboxylic acids is 1. The first-order valence-electron chi connectivity index (χ1n) is 11.1. The smallest absolute Gasteiger partial charge is 0.407 e. The molecule has 2 amide bonds. The number of carbonyl (C=O) groups is 3. The number of amides is 2. The molecule has 3 aromatic rings. The van der Waals surface area contributed by atoms with Crippen LogP contribution in [0.5, 0.6) is 0 Å². The van der Waals surface area contributed by atoms with Gasteiger partial charge in [0.25, 0.3) is 5.91 Å². The number of benzene rings is 2. The molecular weight excluding hydrogens is 452 g/mol. The van der Waals surface area contributed by atoms with E-state index in [-0.39, 0.29) is 32.2 Å². The van der Waals surface area contributed by atoms with E-state index in [0.29, 0.717) is 11.3 Å². The Hall–Kier alpha value is -4.18. The Labute approximate surface area is 201 Å². The van der Waals surface area contributed by atoms with Crippen molar-refractivity contribution in [3.8, 4) is 11.1 Å². The van der Waals surface area contributed by atoms with Crippen molar-refractivity contribution in [2.45, 2.75) is 12.5 Å². The molecule has 182 valence electrons. The third-order valence-electron chi connectivity index (χ3n) is 5.81. The molecule has 0 saturated heterocycles. The van der Waals surface area contributed by atoms with Gasteiger partial charge < -0.3 is 25.2 Å². The zero-order valence-corrected chi connectivity index (χ0v) is 19.2. The lowest BCUT2D eigenvalue weighted by molar-refractivity contribution is -0.142. The highest BCUT2D eigenvalue weighted by Crippen LogP contribution is 2.44. The molecule has 0 spiro atoms. The number of aromatic nitrogens is 2. The average Bonchev–Trinajstić information content (AvgIpc) is 3.38. The summed E-state index contributed by atoms with van der Waals surface area (Å²) in [5, 5.41) is 18.0. The summed E-state index contributed by atoms with van der Waals surface area (Å²) in [5.74, 6) is -1.53. The molecule has 1 aliphatic carbocycles. The zero-order valence-electron chi connectivity index (χ0n) is 19.2. The van der Waals surface area contributed by atoms with Gasteiger partial charge in [-0.2, -0.15) is 5.10 Å².